The molecular weight excluding hydrogens is 308 g/mol. The van der Waals surface area contributed by atoms with Gasteiger partial charge in [-0.05, 0) is 62.4 Å². The lowest BCUT2D eigenvalue weighted by Gasteiger charge is -2.25. The molecule has 1 saturated carbocycles. The van der Waals surface area contributed by atoms with E-state index in [0.29, 0.717) is 6.42 Å². The zero-order chi connectivity index (χ0) is 15.2. The van der Waals surface area contributed by atoms with E-state index in [1.165, 1.54) is 50.5 Å². The molecule has 128 valence electrons. The van der Waals surface area contributed by atoms with Crippen molar-refractivity contribution in [1.82, 2.24) is 4.90 Å². The molecule has 4 heteroatoms. The SMILES string of the molecule is Cl.O=C(CCN1CCCCC1)Nc1ccc(C2CCCC2)cc1. The number of benzene rings is 1. The summed E-state index contributed by atoms with van der Waals surface area (Å²) in [7, 11) is 0. The summed E-state index contributed by atoms with van der Waals surface area (Å²) in [5.41, 5.74) is 2.37. The maximum absolute atomic E-state index is 12.1. The summed E-state index contributed by atoms with van der Waals surface area (Å²) in [6, 6.07) is 8.51. The molecule has 2 fully saturated rings. The molecule has 1 saturated heterocycles. The standard InChI is InChI=1S/C19H28N2O.ClH/c22-19(12-15-21-13-4-1-5-14-21)20-18-10-8-17(9-11-18)16-6-2-3-7-16;/h8-11,16H,1-7,12-15H2,(H,20,22);1H. The van der Waals surface area contributed by atoms with Crippen molar-refractivity contribution in [2.24, 2.45) is 0 Å². The minimum absolute atomic E-state index is 0. The molecule has 0 atom stereocenters. The average Bonchev–Trinajstić information content (AvgIpc) is 3.09. The van der Waals surface area contributed by atoms with Gasteiger partial charge in [0.25, 0.3) is 0 Å². The van der Waals surface area contributed by atoms with Crippen molar-refractivity contribution in [3.05, 3.63) is 29.8 Å². The molecule has 1 aliphatic heterocycles. The number of halogens is 1. The van der Waals surface area contributed by atoms with Crippen LogP contribution >= 0.6 is 12.4 Å². The zero-order valence-corrected chi connectivity index (χ0v) is 14.7. The maximum atomic E-state index is 12.1. The molecule has 3 rings (SSSR count). The van der Waals surface area contributed by atoms with Crippen molar-refractivity contribution in [1.29, 1.82) is 0 Å². The van der Waals surface area contributed by atoms with Crippen LogP contribution in [0.1, 0.15) is 62.8 Å². The van der Waals surface area contributed by atoms with E-state index in [0.717, 1.165) is 31.2 Å². The van der Waals surface area contributed by atoms with Crippen molar-refractivity contribution in [2.45, 2.75) is 57.3 Å². The predicted octanol–water partition coefficient (Wildman–Crippen LogP) is 4.58. The Labute approximate surface area is 146 Å². The molecule has 1 aliphatic carbocycles. The van der Waals surface area contributed by atoms with Crippen LogP contribution in [0.5, 0.6) is 0 Å². The summed E-state index contributed by atoms with van der Waals surface area (Å²) in [5.74, 6) is 0.878. The molecule has 0 radical (unpaired) electrons. The third-order valence-electron chi connectivity index (χ3n) is 5.12. The van der Waals surface area contributed by atoms with Gasteiger partial charge in [0.05, 0.1) is 0 Å². The molecule has 0 aromatic heterocycles. The number of carbonyl (C=O) groups excluding carboxylic acids is 1. The van der Waals surface area contributed by atoms with Gasteiger partial charge in [-0.15, -0.1) is 12.4 Å². The van der Waals surface area contributed by atoms with E-state index in [9.17, 15) is 4.79 Å². The van der Waals surface area contributed by atoms with E-state index in [-0.39, 0.29) is 18.3 Å². The number of likely N-dealkylation sites (tertiary alicyclic amines) is 1. The first-order chi connectivity index (χ1) is 10.8. The Kier molecular flexibility index (Phi) is 7.38. The number of rotatable bonds is 5. The van der Waals surface area contributed by atoms with Crippen LogP contribution in [0, 0.1) is 0 Å². The first-order valence-electron chi connectivity index (χ1n) is 8.93. The fourth-order valence-electron chi connectivity index (χ4n) is 3.76. The van der Waals surface area contributed by atoms with Gasteiger partial charge in [-0.2, -0.15) is 0 Å². The lowest BCUT2D eigenvalue weighted by molar-refractivity contribution is -0.116. The first kappa shape index (κ1) is 18.3. The summed E-state index contributed by atoms with van der Waals surface area (Å²) in [6.07, 6.45) is 9.87. The Morgan fingerprint density at radius 2 is 1.65 bits per heavy atom. The molecule has 1 N–H and O–H groups in total. The molecular formula is C19H29ClN2O. The number of piperidine rings is 1. The van der Waals surface area contributed by atoms with E-state index in [2.05, 4.69) is 34.5 Å². The van der Waals surface area contributed by atoms with Crippen LogP contribution in [0.15, 0.2) is 24.3 Å². The molecule has 2 aliphatic rings. The second-order valence-electron chi connectivity index (χ2n) is 6.80. The van der Waals surface area contributed by atoms with Crippen molar-refractivity contribution in [3.63, 3.8) is 0 Å². The smallest absolute Gasteiger partial charge is 0.225 e. The van der Waals surface area contributed by atoms with Crippen LogP contribution < -0.4 is 5.32 Å². The Morgan fingerprint density at radius 3 is 2.30 bits per heavy atom. The molecule has 0 unspecified atom stereocenters. The van der Waals surface area contributed by atoms with Gasteiger partial charge in [0.2, 0.25) is 5.91 Å². The maximum Gasteiger partial charge on any atom is 0.225 e. The van der Waals surface area contributed by atoms with Crippen LogP contribution in [0.4, 0.5) is 5.69 Å². The van der Waals surface area contributed by atoms with Crippen molar-refractivity contribution < 1.29 is 4.79 Å². The lowest BCUT2D eigenvalue weighted by Crippen LogP contribution is -2.32. The fraction of sp³-hybridized carbons (Fsp3) is 0.632. The molecule has 3 nitrogen and oxygen atoms in total. The molecule has 23 heavy (non-hydrogen) atoms. The van der Waals surface area contributed by atoms with Crippen LogP contribution in [0.3, 0.4) is 0 Å². The monoisotopic (exact) mass is 336 g/mol. The Hall–Kier alpha value is -1.06. The van der Waals surface area contributed by atoms with E-state index in [1.807, 2.05) is 0 Å². The van der Waals surface area contributed by atoms with Gasteiger partial charge < -0.3 is 10.2 Å². The normalized spacial score (nSPS) is 19.3. The van der Waals surface area contributed by atoms with Gasteiger partial charge in [0, 0.05) is 18.7 Å². The Balaban J connectivity index is 0.00000192. The summed E-state index contributed by atoms with van der Waals surface area (Å²) < 4.78 is 0. The van der Waals surface area contributed by atoms with E-state index in [1.54, 1.807) is 0 Å². The number of amides is 1. The lowest BCUT2D eigenvalue weighted by atomic mass is 9.97. The number of nitrogens with zero attached hydrogens (tertiary/aromatic N) is 1. The highest BCUT2D eigenvalue weighted by atomic mass is 35.5. The number of hydrogen-bond donors (Lipinski definition) is 1. The summed E-state index contributed by atoms with van der Waals surface area (Å²) in [4.78, 5) is 14.5. The minimum atomic E-state index is 0. The van der Waals surface area contributed by atoms with Crippen LogP contribution in [-0.2, 0) is 4.79 Å². The van der Waals surface area contributed by atoms with E-state index < -0.39 is 0 Å². The van der Waals surface area contributed by atoms with Crippen molar-refractivity contribution >= 4 is 24.0 Å². The Bertz CT molecular complexity index is 477. The molecule has 1 aromatic carbocycles. The van der Waals surface area contributed by atoms with Crippen LogP contribution in [0.25, 0.3) is 0 Å². The van der Waals surface area contributed by atoms with Crippen LogP contribution in [0.2, 0.25) is 0 Å². The Morgan fingerprint density at radius 1 is 1.00 bits per heavy atom. The molecule has 1 amide bonds. The van der Waals surface area contributed by atoms with Gasteiger partial charge in [-0.25, -0.2) is 0 Å². The largest absolute Gasteiger partial charge is 0.326 e. The summed E-state index contributed by atoms with van der Waals surface area (Å²) in [6.45, 7) is 3.21. The fourth-order valence-corrected chi connectivity index (χ4v) is 3.76. The number of hydrogen-bond acceptors (Lipinski definition) is 2. The van der Waals surface area contributed by atoms with E-state index in [4.69, 9.17) is 0 Å². The highest BCUT2D eigenvalue weighted by Crippen LogP contribution is 2.34. The van der Waals surface area contributed by atoms with Crippen molar-refractivity contribution in [3.8, 4) is 0 Å². The third-order valence-corrected chi connectivity index (χ3v) is 5.12. The molecule has 1 aromatic rings. The minimum Gasteiger partial charge on any atom is -0.326 e. The van der Waals surface area contributed by atoms with E-state index >= 15 is 0 Å². The number of carbonyl (C=O) groups is 1. The van der Waals surface area contributed by atoms with Crippen molar-refractivity contribution in [2.75, 3.05) is 25.0 Å². The molecule has 0 bridgehead atoms. The van der Waals surface area contributed by atoms with Gasteiger partial charge in [-0.3, -0.25) is 4.79 Å². The quantitative estimate of drug-likeness (QED) is 0.853. The first-order valence-corrected chi connectivity index (χ1v) is 8.93. The number of anilines is 1. The third kappa shape index (κ3) is 5.50. The van der Waals surface area contributed by atoms with Crippen LogP contribution in [-0.4, -0.2) is 30.4 Å². The summed E-state index contributed by atoms with van der Waals surface area (Å²) >= 11 is 0. The predicted molar refractivity (Wildman–Crippen MR) is 98.4 cm³/mol. The molecule has 1 heterocycles. The molecule has 0 spiro atoms. The second kappa shape index (κ2) is 9.29. The average molecular weight is 337 g/mol. The van der Waals surface area contributed by atoms with Gasteiger partial charge in [0.1, 0.15) is 0 Å². The number of nitrogens with one attached hydrogen (secondary N) is 1. The van der Waals surface area contributed by atoms with Gasteiger partial charge >= 0.3 is 0 Å². The van der Waals surface area contributed by atoms with Gasteiger partial charge in [0.15, 0.2) is 0 Å². The highest BCUT2D eigenvalue weighted by molar-refractivity contribution is 5.90. The second-order valence-corrected chi connectivity index (χ2v) is 6.80. The topological polar surface area (TPSA) is 32.3 Å². The summed E-state index contributed by atoms with van der Waals surface area (Å²) in [5, 5.41) is 3.03. The van der Waals surface area contributed by atoms with Gasteiger partial charge in [-0.1, -0.05) is 31.4 Å². The zero-order valence-electron chi connectivity index (χ0n) is 13.9. The highest BCUT2D eigenvalue weighted by Gasteiger charge is 2.17.